The van der Waals surface area contributed by atoms with Gasteiger partial charge in [0.1, 0.15) is 5.00 Å². The van der Waals surface area contributed by atoms with Gasteiger partial charge in [-0.15, -0.1) is 23.7 Å². The predicted octanol–water partition coefficient (Wildman–Crippen LogP) is 7.17. The number of aliphatic carboxylic acids is 1. The van der Waals surface area contributed by atoms with Crippen molar-refractivity contribution in [2.24, 2.45) is 0 Å². The van der Waals surface area contributed by atoms with Crippen LogP contribution in [0.1, 0.15) is 83.9 Å². The Balaban J connectivity index is 0.00000468. The summed E-state index contributed by atoms with van der Waals surface area (Å²) in [7, 11) is 1.37. The zero-order valence-corrected chi connectivity index (χ0v) is 29.0. The van der Waals surface area contributed by atoms with Crippen LogP contribution in [0.25, 0.3) is 0 Å². The highest BCUT2D eigenvalue weighted by molar-refractivity contribution is 7.17. The molecule has 9 nitrogen and oxygen atoms in total. The van der Waals surface area contributed by atoms with E-state index < -0.39 is 5.97 Å². The molecule has 2 aliphatic rings. The summed E-state index contributed by atoms with van der Waals surface area (Å²) in [6.07, 6.45) is 7.30. The second-order valence-corrected chi connectivity index (χ2v) is 13.5. The van der Waals surface area contributed by atoms with Crippen LogP contribution in [0.4, 0.5) is 10.7 Å². The van der Waals surface area contributed by atoms with Crippen molar-refractivity contribution in [2.45, 2.75) is 64.0 Å². The third kappa shape index (κ3) is 9.14. The minimum Gasteiger partial charge on any atom is -0.480 e. The zero-order chi connectivity index (χ0) is 33.6. The van der Waals surface area contributed by atoms with E-state index >= 15 is 0 Å². The Morgan fingerprint density at radius 1 is 0.837 bits per heavy atom. The van der Waals surface area contributed by atoms with Gasteiger partial charge in [0.15, 0.2) is 0 Å². The van der Waals surface area contributed by atoms with Gasteiger partial charge in [-0.1, -0.05) is 36.4 Å². The first-order valence-corrected chi connectivity index (χ1v) is 17.2. The fourth-order valence-corrected chi connectivity index (χ4v) is 7.49. The summed E-state index contributed by atoms with van der Waals surface area (Å²) in [4.78, 5) is 53.4. The number of fused-ring (bicyclic) bond motifs is 1. The summed E-state index contributed by atoms with van der Waals surface area (Å²) in [5, 5.41) is 16.0. The van der Waals surface area contributed by atoms with Gasteiger partial charge in [-0.05, 0) is 110 Å². The smallest absolute Gasteiger partial charge is 0.337 e. The molecule has 0 unspecified atom stereocenters. The number of ether oxygens (including phenoxy) is 1. The number of thiophene rings is 1. The number of halogens is 1. The Morgan fingerprint density at radius 3 is 2.16 bits per heavy atom. The van der Waals surface area contributed by atoms with Gasteiger partial charge in [0.05, 0.1) is 24.8 Å². The van der Waals surface area contributed by atoms with Crippen molar-refractivity contribution in [1.82, 2.24) is 4.90 Å². The molecule has 1 aromatic heterocycles. The third-order valence-electron chi connectivity index (χ3n) is 8.89. The van der Waals surface area contributed by atoms with E-state index in [-0.39, 0.29) is 42.8 Å². The average molecular weight is 702 g/mol. The lowest BCUT2D eigenvalue weighted by molar-refractivity contribution is -0.138. The Kier molecular flexibility index (Phi) is 11.9. The standard InChI is InChI=1S/C38H39N3O6S.ClH/c1-47-38(46)27-15-11-24(12-16-27)9-10-25-13-17-29(18-14-25)39-36(45)34-31-7-2-3-8-32(31)48-37(34)40-35(44)28-6-4-5-26(21-28)22-41(23-33(42)43)30-19-20-30;/h4-6,11-18,21,30H,2-3,7-10,19-20,22-23H2,1H3,(H,39,45)(H,40,44)(H,42,43);1H. The number of anilines is 2. The van der Waals surface area contributed by atoms with Gasteiger partial charge in [0, 0.05) is 28.7 Å². The quantitative estimate of drug-likeness (QED) is 0.126. The number of methoxy groups -OCH3 is 1. The lowest BCUT2D eigenvalue weighted by atomic mass is 9.95. The fraction of sp³-hybridized carbons (Fsp3) is 0.316. The summed E-state index contributed by atoms with van der Waals surface area (Å²) in [6.45, 7) is 0.430. The molecule has 2 aliphatic carbocycles. The Labute approximate surface area is 296 Å². The van der Waals surface area contributed by atoms with Gasteiger partial charge in [-0.3, -0.25) is 19.3 Å². The molecule has 49 heavy (non-hydrogen) atoms. The summed E-state index contributed by atoms with van der Waals surface area (Å²) < 4.78 is 4.77. The molecule has 6 rings (SSSR count). The highest BCUT2D eigenvalue weighted by Crippen LogP contribution is 2.39. The van der Waals surface area contributed by atoms with Crippen molar-refractivity contribution in [3.63, 3.8) is 0 Å². The molecular weight excluding hydrogens is 662 g/mol. The number of carboxylic acid groups (broad SMARTS) is 1. The van der Waals surface area contributed by atoms with Crippen molar-refractivity contribution in [3.8, 4) is 0 Å². The molecule has 1 saturated carbocycles. The van der Waals surface area contributed by atoms with Gasteiger partial charge in [-0.2, -0.15) is 0 Å². The lowest BCUT2D eigenvalue weighted by Gasteiger charge is -2.20. The minimum absolute atomic E-state index is 0. The number of hydrogen-bond acceptors (Lipinski definition) is 7. The first-order chi connectivity index (χ1) is 23.3. The van der Waals surface area contributed by atoms with Crippen LogP contribution in [0.2, 0.25) is 0 Å². The van der Waals surface area contributed by atoms with Crippen LogP contribution >= 0.6 is 23.7 Å². The van der Waals surface area contributed by atoms with E-state index in [2.05, 4.69) is 10.6 Å². The highest BCUT2D eigenvalue weighted by atomic mass is 35.5. The molecule has 0 bridgehead atoms. The molecule has 1 fully saturated rings. The first kappa shape index (κ1) is 35.8. The number of nitrogens with one attached hydrogen (secondary N) is 2. The second kappa shape index (κ2) is 16.3. The van der Waals surface area contributed by atoms with Crippen molar-refractivity contribution < 1.29 is 29.0 Å². The SMILES string of the molecule is COC(=O)c1ccc(CCc2ccc(NC(=O)c3c(NC(=O)c4cccc(CN(CC(=O)O)C5CC5)c4)sc4c3CCCC4)cc2)cc1.Cl. The topological polar surface area (TPSA) is 125 Å². The summed E-state index contributed by atoms with van der Waals surface area (Å²) >= 11 is 1.48. The van der Waals surface area contributed by atoms with Gasteiger partial charge >= 0.3 is 11.9 Å². The number of rotatable bonds is 13. The molecule has 3 N–H and O–H groups in total. The van der Waals surface area contributed by atoms with E-state index in [1.807, 2.05) is 53.4 Å². The molecule has 0 spiro atoms. The fourth-order valence-electron chi connectivity index (χ4n) is 6.20. The van der Waals surface area contributed by atoms with E-state index in [4.69, 9.17) is 4.74 Å². The van der Waals surface area contributed by atoms with Crippen LogP contribution in [0, 0.1) is 0 Å². The van der Waals surface area contributed by atoms with E-state index in [1.54, 1.807) is 24.3 Å². The second-order valence-electron chi connectivity index (χ2n) is 12.4. The van der Waals surface area contributed by atoms with E-state index in [1.165, 1.54) is 18.4 Å². The van der Waals surface area contributed by atoms with Crippen LogP contribution in [-0.2, 0) is 41.8 Å². The van der Waals surface area contributed by atoms with Crippen molar-refractivity contribution in [2.75, 3.05) is 24.3 Å². The maximum absolute atomic E-state index is 13.8. The number of amides is 2. The number of aryl methyl sites for hydroxylation is 3. The molecule has 256 valence electrons. The minimum atomic E-state index is -0.861. The number of carbonyl (C=O) groups excluding carboxylic acids is 3. The molecule has 0 atom stereocenters. The number of esters is 1. The molecule has 1 heterocycles. The maximum Gasteiger partial charge on any atom is 0.337 e. The third-order valence-corrected chi connectivity index (χ3v) is 10.1. The van der Waals surface area contributed by atoms with Crippen molar-refractivity contribution >= 4 is 58.2 Å². The molecule has 0 aliphatic heterocycles. The average Bonchev–Trinajstić information content (AvgIpc) is 3.88. The van der Waals surface area contributed by atoms with E-state index in [0.29, 0.717) is 33.9 Å². The summed E-state index contributed by atoms with van der Waals surface area (Å²) in [5.74, 6) is -1.76. The summed E-state index contributed by atoms with van der Waals surface area (Å²) in [6, 6.07) is 22.7. The van der Waals surface area contributed by atoms with Crippen molar-refractivity contribution in [3.05, 3.63) is 117 Å². The number of hydrogen-bond donors (Lipinski definition) is 3. The van der Waals surface area contributed by atoms with E-state index in [9.17, 15) is 24.3 Å². The lowest BCUT2D eigenvalue weighted by Crippen LogP contribution is -2.31. The van der Waals surface area contributed by atoms with Gasteiger partial charge in [0.25, 0.3) is 11.8 Å². The molecule has 3 aromatic carbocycles. The number of nitrogens with zero attached hydrogens (tertiary/aromatic N) is 1. The highest BCUT2D eigenvalue weighted by Gasteiger charge is 2.31. The molecule has 0 radical (unpaired) electrons. The number of carboxylic acids is 1. The van der Waals surface area contributed by atoms with Crippen LogP contribution < -0.4 is 10.6 Å². The number of benzene rings is 3. The van der Waals surface area contributed by atoms with Crippen LogP contribution in [0.5, 0.6) is 0 Å². The van der Waals surface area contributed by atoms with Crippen LogP contribution in [-0.4, -0.2) is 53.5 Å². The maximum atomic E-state index is 13.8. The van der Waals surface area contributed by atoms with Gasteiger partial charge < -0.3 is 20.5 Å². The van der Waals surface area contributed by atoms with Crippen LogP contribution in [0.15, 0.2) is 72.8 Å². The van der Waals surface area contributed by atoms with Gasteiger partial charge in [-0.25, -0.2) is 4.79 Å². The zero-order valence-electron chi connectivity index (χ0n) is 27.3. The molecular formula is C38H40ClN3O6S. The van der Waals surface area contributed by atoms with Crippen LogP contribution in [0.3, 0.4) is 0 Å². The number of carbonyl (C=O) groups is 4. The van der Waals surface area contributed by atoms with Gasteiger partial charge in [0.2, 0.25) is 0 Å². The molecule has 4 aromatic rings. The Hall–Kier alpha value is -4.51. The monoisotopic (exact) mass is 701 g/mol. The van der Waals surface area contributed by atoms with Crippen molar-refractivity contribution in [1.29, 1.82) is 0 Å². The predicted molar refractivity (Wildman–Crippen MR) is 193 cm³/mol. The molecule has 11 heteroatoms. The molecule has 2 amide bonds. The summed E-state index contributed by atoms with van der Waals surface area (Å²) in [5.41, 5.74) is 6.31. The Bertz CT molecular complexity index is 1820. The Morgan fingerprint density at radius 2 is 1.51 bits per heavy atom. The van der Waals surface area contributed by atoms with E-state index in [0.717, 1.165) is 78.5 Å². The first-order valence-electron chi connectivity index (χ1n) is 16.4. The molecule has 0 saturated heterocycles. The normalized spacial score (nSPS) is 13.6. The largest absolute Gasteiger partial charge is 0.480 e.